The summed E-state index contributed by atoms with van der Waals surface area (Å²) in [5.41, 5.74) is 0. The normalized spacial score (nSPS) is 12.5. The van der Waals surface area contributed by atoms with Crippen molar-refractivity contribution in [1.82, 2.24) is 0 Å². The first kappa shape index (κ1) is 56.4. The molecule has 0 fully saturated rings. The van der Waals surface area contributed by atoms with Gasteiger partial charge in [-0.25, -0.2) is 0 Å². The number of hydrogen-bond acceptors (Lipinski definition) is 6. The zero-order valence-corrected chi connectivity index (χ0v) is 39.7. The Balaban J connectivity index is 4.26. The molecule has 0 aromatic heterocycles. The minimum absolute atomic E-state index is 0.0647. The fourth-order valence-corrected chi connectivity index (χ4v) is 7.78. The summed E-state index contributed by atoms with van der Waals surface area (Å²) >= 11 is 0. The first-order valence-electron chi connectivity index (χ1n) is 25.8. The van der Waals surface area contributed by atoms with Crippen molar-refractivity contribution in [1.29, 1.82) is 0 Å². The summed E-state index contributed by atoms with van der Waals surface area (Å²) in [7, 11) is 0. The van der Waals surface area contributed by atoms with Crippen LogP contribution < -0.4 is 0 Å². The fraction of sp³-hybridized carbons (Fsp3) is 0.942. The molecule has 0 aromatic carbocycles. The number of rotatable bonds is 46. The largest absolute Gasteiger partial charge is 0.462 e. The van der Waals surface area contributed by atoms with Crippen LogP contribution in [0.3, 0.4) is 0 Å². The standard InChI is InChI=1S/C52H100O6/c1-6-8-9-10-11-12-13-14-15-16-17-18-19-23-26-32-37-42-50(53)56-45-49(46-57-51(54)43-38-33-29-28-30-35-40-47(3)4)58-52(55)44-39-34-27-24-21-20-22-25-31-36-41-48(5)7-2/h47-49H,6-46H2,1-5H3/t48?,49-/m0/s1. The van der Waals surface area contributed by atoms with Gasteiger partial charge in [0.1, 0.15) is 13.2 Å². The van der Waals surface area contributed by atoms with Crippen molar-refractivity contribution in [3.05, 3.63) is 0 Å². The molecular weight excluding hydrogens is 721 g/mol. The average molecular weight is 821 g/mol. The molecule has 344 valence electrons. The van der Waals surface area contributed by atoms with E-state index in [1.54, 1.807) is 0 Å². The molecule has 0 aliphatic rings. The summed E-state index contributed by atoms with van der Waals surface area (Å²) in [5, 5.41) is 0. The van der Waals surface area contributed by atoms with Crippen LogP contribution in [0, 0.1) is 11.8 Å². The first-order chi connectivity index (χ1) is 28.3. The molecule has 0 aromatic rings. The second-order valence-electron chi connectivity index (χ2n) is 18.5. The summed E-state index contributed by atoms with van der Waals surface area (Å²) in [5.74, 6) is 0.776. The van der Waals surface area contributed by atoms with Gasteiger partial charge in [0.05, 0.1) is 0 Å². The molecule has 0 rings (SSSR count). The maximum atomic E-state index is 12.8. The van der Waals surface area contributed by atoms with Gasteiger partial charge in [-0.3, -0.25) is 14.4 Å². The predicted octanol–water partition coefficient (Wildman–Crippen LogP) is 16.5. The highest BCUT2D eigenvalue weighted by molar-refractivity contribution is 5.71. The first-order valence-corrected chi connectivity index (χ1v) is 25.8. The molecule has 0 spiro atoms. The molecule has 0 heterocycles. The van der Waals surface area contributed by atoms with Crippen molar-refractivity contribution in [3.8, 4) is 0 Å². The predicted molar refractivity (Wildman–Crippen MR) is 247 cm³/mol. The number of unbranched alkanes of at least 4 members (excludes halogenated alkanes) is 30. The van der Waals surface area contributed by atoms with Gasteiger partial charge in [-0.05, 0) is 31.1 Å². The zero-order valence-electron chi connectivity index (χ0n) is 39.7. The van der Waals surface area contributed by atoms with Crippen LogP contribution in [0.2, 0.25) is 0 Å². The number of carbonyl (C=O) groups excluding carboxylic acids is 3. The van der Waals surface area contributed by atoms with E-state index in [4.69, 9.17) is 14.2 Å². The molecule has 0 amide bonds. The summed E-state index contributed by atoms with van der Waals surface area (Å²) < 4.78 is 16.8. The van der Waals surface area contributed by atoms with E-state index in [2.05, 4.69) is 34.6 Å². The van der Waals surface area contributed by atoms with Crippen molar-refractivity contribution in [2.24, 2.45) is 11.8 Å². The van der Waals surface area contributed by atoms with Crippen LogP contribution >= 0.6 is 0 Å². The van der Waals surface area contributed by atoms with Gasteiger partial charge in [-0.15, -0.1) is 0 Å². The van der Waals surface area contributed by atoms with E-state index in [-0.39, 0.29) is 31.1 Å². The lowest BCUT2D eigenvalue weighted by atomic mass is 9.99. The van der Waals surface area contributed by atoms with Gasteiger partial charge < -0.3 is 14.2 Å². The van der Waals surface area contributed by atoms with E-state index in [1.165, 1.54) is 173 Å². The molecule has 58 heavy (non-hydrogen) atoms. The zero-order chi connectivity index (χ0) is 42.6. The maximum absolute atomic E-state index is 12.8. The number of ether oxygens (including phenoxy) is 3. The van der Waals surface area contributed by atoms with Crippen LogP contribution in [0.4, 0.5) is 0 Å². The Hall–Kier alpha value is -1.59. The maximum Gasteiger partial charge on any atom is 0.306 e. The van der Waals surface area contributed by atoms with E-state index >= 15 is 0 Å². The van der Waals surface area contributed by atoms with E-state index in [0.29, 0.717) is 19.3 Å². The van der Waals surface area contributed by atoms with Crippen LogP contribution in [0.25, 0.3) is 0 Å². The fourth-order valence-electron chi connectivity index (χ4n) is 7.78. The van der Waals surface area contributed by atoms with Crippen LogP contribution in [0.15, 0.2) is 0 Å². The van der Waals surface area contributed by atoms with Gasteiger partial charge in [0, 0.05) is 19.3 Å². The monoisotopic (exact) mass is 821 g/mol. The van der Waals surface area contributed by atoms with Crippen molar-refractivity contribution >= 4 is 17.9 Å². The second kappa shape index (κ2) is 44.9. The van der Waals surface area contributed by atoms with Gasteiger partial charge in [0.2, 0.25) is 0 Å². The minimum Gasteiger partial charge on any atom is -0.462 e. The Morgan fingerprint density at radius 1 is 0.362 bits per heavy atom. The van der Waals surface area contributed by atoms with E-state index in [1.807, 2.05) is 0 Å². The molecule has 0 saturated carbocycles. The van der Waals surface area contributed by atoms with E-state index in [0.717, 1.165) is 69.6 Å². The molecule has 6 nitrogen and oxygen atoms in total. The Kier molecular flexibility index (Phi) is 43.7. The molecule has 0 radical (unpaired) electrons. The molecule has 0 saturated heterocycles. The minimum atomic E-state index is -0.762. The number of esters is 3. The molecule has 2 atom stereocenters. The lowest BCUT2D eigenvalue weighted by molar-refractivity contribution is -0.167. The quantitative estimate of drug-likeness (QED) is 0.0346. The Morgan fingerprint density at radius 2 is 0.655 bits per heavy atom. The second-order valence-corrected chi connectivity index (χ2v) is 18.5. The van der Waals surface area contributed by atoms with Crippen molar-refractivity contribution in [3.63, 3.8) is 0 Å². The molecular formula is C52H100O6. The lowest BCUT2D eigenvalue weighted by Crippen LogP contribution is -2.30. The third-order valence-electron chi connectivity index (χ3n) is 12.1. The van der Waals surface area contributed by atoms with E-state index in [9.17, 15) is 14.4 Å². The summed E-state index contributed by atoms with van der Waals surface area (Å²) in [6.07, 6.45) is 45.3. The Bertz CT molecular complexity index is 887. The van der Waals surface area contributed by atoms with Gasteiger partial charge in [0.15, 0.2) is 6.10 Å². The van der Waals surface area contributed by atoms with Crippen LogP contribution in [-0.2, 0) is 28.6 Å². The van der Waals surface area contributed by atoms with Crippen LogP contribution in [0.1, 0.15) is 285 Å². The highest BCUT2D eigenvalue weighted by atomic mass is 16.6. The molecule has 0 aliphatic carbocycles. The van der Waals surface area contributed by atoms with Gasteiger partial charge in [-0.2, -0.15) is 0 Å². The summed E-state index contributed by atoms with van der Waals surface area (Å²) in [4.78, 5) is 37.9. The Morgan fingerprint density at radius 3 is 0.983 bits per heavy atom. The summed E-state index contributed by atoms with van der Waals surface area (Å²) in [6, 6.07) is 0. The van der Waals surface area contributed by atoms with Gasteiger partial charge in [0.25, 0.3) is 0 Å². The molecule has 0 bridgehead atoms. The van der Waals surface area contributed by atoms with Crippen molar-refractivity contribution in [2.45, 2.75) is 291 Å². The third kappa shape index (κ3) is 44.0. The Labute approximate surface area is 361 Å². The third-order valence-corrected chi connectivity index (χ3v) is 12.1. The highest BCUT2D eigenvalue weighted by Gasteiger charge is 2.19. The van der Waals surface area contributed by atoms with Crippen LogP contribution in [0.5, 0.6) is 0 Å². The molecule has 6 heteroatoms. The molecule has 0 N–H and O–H groups in total. The van der Waals surface area contributed by atoms with E-state index < -0.39 is 6.10 Å². The van der Waals surface area contributed by atoms with Gasteiger partial charge >= 0.3 is 17.9 Å². The number of carbonyl (C=O) groups is 3. The average Bonchev–Trinajstić information content (AvgIpc) is 3.21. The SMILES string of the molecule is CCCCCCCCCCCCCCCCCCCC(=O)OC[C@@H](COC(=O)CCCCCCCCC(C)C)OC(=O)CCCCCCCCCCCCC(C)CC. The van der Waals surface area contributed by atoms with Crippen LogP contribution in [-0.4, -0.2) is 37.2 Å². The topological polar surface area (TPSA) is 78.9 Å². The van der Waals surface area contributed by atoms with Crippen molar-refractivity contribution < 1.29 is 28.6 Å². The van der Waals surface area contributed by atoms with Crippen molar-refractivity contribution in [2.75, 3.05) is 13.2 Å². The molecule has 0 aliphatic heterocycles. The smallest absolute Gasteiger partial charge is 0.306 e. The summed E-state index contributed by atoms with van der Waals surface area (Å²) in [6.45, 7) is 11.3. The number of hydrogen-bond donors (Lipinski definition) is 0. The van der Waals surface area contributed by atoms with Gasteiger partial charge in [-0.1, -0.05) is 247 Å². The molecule has 1 unspecified atom stereocenters. The highest BCUT2D eigenvalue weighted by Crippen LogP contribution is 2.18. The lowest BCUT2D eigenvalue weighted by Gasteiger charge is -2.18.